The van der Waals surface area contributed by atoms with Gasteiger partial charge in [0.2, 0.25) is 11.8 Å². The van der Waals surface area contributed by atoms with Crippen LogP contribution in [-0.2, 0) is 14.3 Å². The largest absolute Gasteiger partial charge is 0.381 e. The molecule has 0 unspecified atom stereocenters. The Morgan fingerprint density at radius 3 is 2.43 bits per heavy atom. The van der Waals surface area contributed by atoms with Gasteiger partial charge >= 0.3 is 0 Å². The number of hydrogen-bond donors (Lipinski definition) is 2. The first kappa shape index (κ1) is 23.5. The van der Waals surface area contributed by atoms with E-state index in [0.29, 0.717) is 13.2 Å². The van der Waals surface area contributed by atoms with Crippen molar-refractivity contribution in [1.29, 1.82) is 0 Å². The van der Waals surface area contributed by atoms with Crippen LogP contribution < -0.4 is 10.6 Å². The second-order valence-electron chi connectivity index (χ2n) is 9.81. The highest BCUT2D eigenvalue weighted by molar-refractivity contribution is 5.90. The number of hydrogen-bond acceptors (Lipinski definition) is 4. The molecule has 0 aromatic rings. The molecule has 2 atom stereocenters. The molecule has 2 aliphatic heterocycles. The van der Waals surface area contributed by atoms with Crippen LogP contribution in [0.3, 0.4) is 0 Å². The van der Waals surface area contributed by atoms with Crippen LogP contribution in [0, 0.1) is 11.3 Å². The minimum atomic E-state index is -0.448. The second kappa shape index (κ2) is 11.5. The molecule has 6 heteroatoms. The lowest BCUT2D eigenvalue weighted by atomic mass is 9.73. The number of likely N-dealkylation sites (tertiary alicyclic amines) is 1. The maximum absolute atomic E-state index is 13.6. The summed E-state index contributed by atoms with van der Waals surface area (Å²) >= 11 is 0. The Hall–Kier alpha value is -1.14. The van der Waals surface area contributed by atoms with Gasteiger partial charge in [-0.15, -0.1) is 0 Å². The molecule has 0 aromatic heterocycles. The Bertz CT molecular complexity index is 554. The first-order valence-corrected chi connectivity index (χ1v) is 12.5. The van der Waals surface area contributed by atoms with Gasteiger partial charge in [-0.2, -0.15) is 0 Å². The standard InChI is InChI=1S/C24H43N3O3/c1-3-19(2)21-22(28)25-14-8-18-30-17-7-6-11-24(23(29)26-21)12-15-27(16-13-24)20-9-4-5-10-20/h19-21H,3-18H2,1-2H3,(H,25,28)(H,26,29)/t19-,21-/m0/s1. The summed E-state index contributed by atoms with van der Waals surface area (Å²) < 4.78 is 5.74. The number of nitrogens with zero attached hydrogens (tertiary/aromatic N) is 1. The van der Waals surface area contributed by atoms with Gasteiger partial charge in [0.05, 0.1) is 5.41 Å². The number of carbonyl (C=O) groups excluding carboxylic acids is 2. The third-order valence-electron chi connectivity index (χ3n) is 7.82. The first-order chi connectivity index (χ1) is 14.6. The van der Waals surface area contributed by atoms with Gasteiger partial charge in [0.15, 0.2) is 0 Å². The Morgan fingerprint density at radius 1 is 1.03 bits per heavy atom. The van der Waals surface area contributed by atoms with Crippen LogP contribution in [0.15, 0.2) is 0 Å². The lowest BCUT2D eigenvalue weighted by Gasteiger charge is -2.43. The van der Waals surface area contributed by atoms with Crippen molar-refractivity contribution in [2.45, 2.75) is 96.6 Å². The van der Waals surface area contributed by atoms with Crippen LogP contribution >= 0.6 is 0 Å². The van der Waals surface area contributed by atoms with Crippen molar-refractivity contribution in [3.8, 4) is 0 Å². The van der Waals surface area contributed by atoms with Crippen molar-refractivity contribution < 1.29 is 14.3 Å². The van der Waals surface area contributed by atoms with Crippen molar-refractivity contribution >= 4 is 11.8 Å². The first-order valence-electron chi connectivity index (χ1n) is 12.5. The highest BCUT2D eigenvalue weighted by Gasteiger charge is 2.43. The van der Waals surface area contributed by atoms with Crippen molar-refractivity contribution in [1.82, 2.24) is 15.5 Å². The Labute approximate surface area is 182 Å². The smallest absolute Gasteiger partial charge is 0.242 e. The molecule has 3 rings (SSSR count). The molecule has 0 bridgehead atoms. The number of nitrogens with one attached hydrogen (secondary N) is 2. The average molecular weight is 422 g/mol. The lowest BCUT2D eigenvalue weighted by molar-refractivity contribution is -0.139. The van der Waals surface area contributed by atoms with E-state index in [0.717, 1.165) is 70.7 Å². The number of amides is 2. The van der Waals surface area contributed by atoms with Gasteiger partial charge in [-0.25, -0.2) is 0 Å². The molecule has 1 aliphatic carbocycles. The molecule has 1 saturated carbocycles. The van der Waals surface area contributed by atoms with E-state index in [4.69, 9.17) is 4.74 Å². The average Bonchev–Trinajstić information content (AvgIpc) is 3.30. The number of ether oxygens (including phenoxy) is 1. The Balaban J connectivity index is 1.72. The molecule has 0 aromatic carbocycles. The molecule has 1 spiro atoms. The summed E-state index contributed by atoms with van der Waals surface area (Å²) in [6.07, 6.45) is 11.7. The lowest BCUT2D eigenvalue weighted by Crippen LogP contribution is -2.57. The molecule has 30 heavy (non-hydrogen) atoms. The van der Waals surface area contributed by atoms with Crippen molar-refractivity contribution in [2.75, 3.05) is 32.8 Å². The fourth-order valence-corrected chi connectivity index (χ4v) is 5.44. The summed E-state index contributed by atoms with van der Waals surface area (Å²) in [6.45, 7) is 8.19. The van der Waals surface area contributed by atoms with Crippen molar-refractivity contribution in [3.05, 3.63) is 0 Å². The van der Waals surface area contributed by atoms with Crippen LogP contribution in [-0.4, -0.2) is 61.6 Å². The molecule has 2 N–H and O–H groups in total. The molecule has 172 valence electrons. The van der Waals surface area contributed by atoms with Crippen LogP contribution in [0.4, 0.5) is 0 Å². The zero-order chi connectivity index (χ0) is 21.4. The molecule has 2 heterocycles. The van der Waals surface area contributed by atoms with Crippen LogP contribution in [0.5, 0.6) is 0 Å². The normalized spacial score (nSPS) is 29.2. The minimum Gasteiger partial charge on any atom is -0.381 e. The summed E-state index contributed by atoms with van der Waals surface area (Å²) in [7, 11) is 0. The summed E-state index contributed by atoms with van der Waals surface area (Å²) in [4.78, 5) is 29.1. The molecule has 2 amide bonds. The Morgan fingerprint density at radius 2 is 1.73 bits per heavy atom. The van der Waals surface area contributed by atoms with Gasteiger partial charge in [0.1, 0.15) is 6.04 Å². The maximum atomic E-state index is 13.6. The molecule has 3 fully saturated rings. The van der Waals surface area contributed by atoms with Gasteiger partial charge in [0, 0.05) is 25.8 Å². The van der Waals surface area contributed by atoms with Crippen LogP contribution in [0.1, 0.15) is 84.5 Å². The molecule has 0 radical (unpaired) electrons. The molecule has 2 saturated heterocycles. The van der Waals surface area contributed by atoms with E-state index in [1.165, 1.54) is 25.7 Å². The summed E-state index contributed by atoms with van der Waals surface area (Å²) in [5.41, 5.74) is -0.342. The summed E-state index contributed by atoms with van der Waals surface area (Å²) in [5, 5.41) is 6.23. The highest BCUT2D eigenvalue weighted by atomic mass is 16.5. The summed E-state index contributed by atoms with van der Waals surface area (Å²) in [6, 6.07) is 0.270. The zero-order valence-electron chi connectivity index (χ0n) is 19.2. The van der Waals surface area contributed by atoms with E-state index in [1.54, 1.807) is 0 Å². The highest BCUT2D eigenvalue weighted by Crippen LogP contribution is 2.39. The van der Waals surface area contributed by atoms with Crippen LogP contribution in [0.2, 0.25) is 0 Å². The van der Waals surface area contributed by atoms with E-state index >= 15 is 0 Å². The van der Waals surface area contributed by atoms with Crippen molar-refractivity contribution in [3.63, 3.8) is 0 Å². The van der Waals surface area contributed by atoms with Gasteiger partial charge in [-0.3, -0.25) is 9.59 Å². The molecule has 6 nitrogen and oxygen atoms in total. The minimum absolute atomic E-state index is 0.0479. The topological polar surface area (TPSA) is 70.7 Å². The van der Waals surface area contributed by atoms with E-state index in [2.05, 4.69) is 29.4 Å². The number of rotatable bonds is 3. The zero-order valence-corrected chi connectivity index (χ0v) is 19.2. The van der Waals surface area contributed by atoms with Gasteiger partial charge in [0.25, 0.3) is 0 Å². The fraction of sp³-hybridized carbons (Fsp3) is 0.917. The molecular formula is C24H43N3O3. The fourth-order valence-electron chi connectivity index (χ4n) is 5.44. The summed E-state index contributed by atoms with van der Waals surface area (Å²) in [5.74, 6) is 0.175. The maximum Gasteiger partial charge on any atom is 0.242 e. The van der Waals surface area contributed by atoms with Gasteiger partial charge in [-0.1, -0.05) is 39.5 Å². The van der Waals surface area contributed by atoms with E-state index < -0.39 is 6.04 Å². The monoisotopic (exact) mass is 421 g/mol. The van der Waals surface area contributed by atoms with Gasteiger partial charge < -0.3 is 20.3 Å². The van der Waals surface area contributed by atoms with Crippen LogP contribution in [0.25, 0.3) is 0 Å². The number of piperidine rings is 1. The van der Waals surface area contributed by atoms with Gasteiger partial charge in [-0.05, 0) is 64.0 Å². The quantitative estimate of drug-likeness (QED) is 0.734. The third-order valence-corrected chi connectivity index (χ3v) is 7.82. The SMILES string of the molecule is CC[C@H](C)[C@@H]1NC(=O)C2(CCCCOCCCNC1=O)CCN(C1CCCC1)CC2. The van der Waals surface area contributed by atoms with E-state index in [1.807, 2.05) is 0 Å². The second-order valence-corrected chi connectivity index (χ2v) is 9.81. The Kier molecular flexibility index (Phi) is 8.99. The van der Waals surface area contributed by atoms with Crippen molar-refractivity contribution in [2.24, 2.45) is 11.3 Å². The predicted molar refractivity (Wildman–Crippen MR) is 119 cm³/mol. The third kappa shape index (κ3) is 5.97. The molecular weight excluding hydrogens is 378 g/mol. The number of carbonyl (C=O) groups is 2. The molecule has 3 aliphatic rings. The van der Waals surface area contributed by atoms with E-state index in [-0.39, 0.29) is 23.1 Å². The van der Waals surface area contributed by atoms with E-state index in [9.17, 15) is 9.59 Å². The predicted octanol–water partition coefficient (Wildman–Crippen LogP) is 3.25.